The van der Waals surface area contributed by atoms with Crippen LogP contribution in [0.3, 0.4) is 0 Å². The number of nitrogens with zero attached hydrogens (tertiary/aromatic N) is 1. The fourth-order valence-corrected chi connectivity index (χ4v) is 2.23. The summed E-state index contributed by atoms with van der Waals surface area (Å²) < 4.78 is 0. The van der Waals surface area contributed by atoms with Crippen molar-refractivity contribution in [3.63, 3.8) is 0 Å². The van der Waals surface area contributed by atoms with Crippen LogP contribution in [0.15, 0.2) is 48.5 Å². The Morgan fingerprint density at radius 3 is 2.61 bits per heavy atom. The van der Waals surface area contributed by atoms with Crippen molar-refractivity contribution in [3.05, 3.63) is 75.3 Å². The van der Waals surface area contributed by atoms with Crippen LogP contribution in [0, 0.1) is 17.0 Å². The van der Waals surface area contributed by atoms with E-state index in [-0.39, 0.29) is 23.7 Å². The molecule has 0 saturated carbocycles. The van der Waals surface area contributed by atoms with Crippen molar-refractivity contribution in [2.75, 3.05) is 6.54 Å². The molecule has 0 radical (unpaired) electrons. The maximum Gasteiger partial charge on any atom is 0.270 e. The molecule has 6 heteroatoms. The Morgan fingerprint density at radius 2 is 1.96 bits per heavy atom. The lowest BCUT2D eigenvalue weighted by Gasteiger charge is -2.12. The summed E-state index contributed by atoms with van der Waals surface area (Å²) >= 11 is 0. The minimum Gasteiger partial charge on any atom is -0.388 e. The third-order valence-electron chi connectivity index (χ3n) is 3.56. The van der Waals surface area contributed by atoms with E-state index in [2.05, 4.69) is 5.32 Å². The van der Waals surface area contributed by atoms with E-state index in [1.54, 1.807) is 13.0 Å². The molecule has 120 valence electrons. The van der Waals surface area contributed by atoms with E-state index in [1.165, 1.54) is 12.1 Å². The second kappa shape index (κ2) is 7.51. The number of carbonyl (C=O) groups excluding carboxylic acids is 1. The van der Waals surface area contributed by atoms with Gasteiger partial charge in [-0.05, 0) is 24.5 Å². The van der Waals surface area contributed by atoms with Crippen molar-refractivity contribution < 1.29 is 14.8 Å². The predicted molar refractivity (Wildman–Crippen MR) is 86.2 cm³/mol. The molecular weight excluding hydrogens is 296 g/mol. The number of aliphatic hydroxyl groups is 1. The molecule has 0 bridgehead atoms. The number of amides is 1. The number of hydrogen-bond donors (Lipinski definition) is 2. The molecule has 0 spiro atoms. The first-order valence-electron chi connectivity index (χ1n) is 7.25. The van der Waals surface area contributed by atoms with Crippen LogP contribution in [0.1, 0.15) is 34.0 Å². The first kappa shape index (κ1) is 16.6. The average Bonchev–Trinajstić information content (AvgIpc) is 2.55. The van der Waals surface area contributed by atoms with Gasteiger partial charge in [-0.15, -0.1) is 0 Å². The van der Waals surface area contributed by atoms with Gasteiger partial charge < -0.3 is 10.4 Å². The number of hydrogen-bond acceptors (Lipinski definition) is 4. The molecule has 2 aromatic rings. The van der Waals surface area contributed by atoms with Crippen LogP contribution in [-0.2, 0) is 0 Å². The van der Waals surface area contributed by atoms with E-state index in [0.29, 0.717) is 12.0 Å². The number of nitro groups is 1. The summed E-state index contributed by atoms with van der Waals surface area (Å²) in [5.41, 5.74) is 1.60. The zero-order valence-electron chi connectivity index (χ0n) is 12.7. The fraction of sp³-hybridized carbons (Fsp3) is 0.235. The molecule has 23 heavy (non-hydrogen) atoms. The summed E-state index contributed by atoms with van der Waals surface area (Å²) in [5, 5.41) is 23.5. The first-order valence-corrected chi connectivity index (χ1v) is 7.25. The standard InChI is InChI=1S/C17H18N2O4/c1-12-7-8-14(19(22)23)11-15(12)17(21)18-10-9-16(20)13-5-3-2-4-6-13/h2-8,11,16,20H,9-10H2,1H3,(H,18,21). The molecule has 0 heterocycles. The molecule has 0 aliphatic carbocycles. The topological polar surface area (TPSA) is 92.5 Å². The largest absolute Gasteiger partial charge is 0.388 e. The Labute approximate surface area is 133 Å². The Balaban J connectivity index is 1.95. The second-order valence-corrected chi connectivity index (χ2v) is 5.23. The molecule has 2 rings (SSSR count). The van der Waals surface area contributed by atoms with Gasteiger partial charge in [0.05, 0.1) is 11.0 Å². The summed E-state index contributed by atoms with van der Waals surface area (Å²) in [7, 11) is 0. The van der Waals surface area contributed by atoms with Crippen LogP contribution in [-0.4, -0.2) is 22.5 Å². The number of non-ortho nitro benzene ring substituents is 1. The van der Waals surface area contributed by atoms with Crippen molar-refractivity contribution >= 4 is 11.6 Å². The van der Waals surface area contributed by atoms with Gasteiger partial charge in [-0.1, -0.05) is 36.4 Å². The highest BCUT2D eigenvalue weighted by Crippen LogP contribution is 2.18. The minimum absolute atomic E-state index is 0.120. The van der Waals surface area contributed by atoms with Gasteiger partial charge >= 0.3 is 0 Å². The van der Waals surface area contributed by atoms with E-state index in [9.17, 15) is 20.0 Å². The summed E-state index contributed by atoms with van der Waals surface area (Å²) in [6.45, 7) is 1.99. The van der Waals surface area contributed by atoms with Gasteiger partial charge in [0.2, 0.25) is 0 Å². The Kier molecular flexibility index (Phi) is 5.43. The van der Waals surface area contributed by atoms with Gasteiger partial charge in [0, 0.05) is 24.2 Å². The average molecular weight is 314 g/mol. The number of aryl methyl sites for hydroxylation is 1. The van der Waals surface area contributed by atoms with Gasteiger partial charge in [0.1, 0.15) is 0 Å². The predicted octanol–water partition coefficient (Wildman–Crippen LogP) is 2.76. The monoisotopic (exact) mass is 314 g/mol. The van der Waals surface area contributed by atoms with E-state index < -0.39 is 11.0 Å². The van der Waals surface area contributed by atoms with Crippen molar-refractivity contribution in [1.29, 1.82) is 0 Å². The molecule has 0 aliphatic heterocycles. The lowest BCUT2D eigenvalue weighted by atomic mass is 10.1. The summed E-state index contributed by atoms with van der Waals surface area (Å²) in [6, 6.07) is 13.3. The zero-order chi connectivity index (χ0) is 16.8. The summed E-state index contributed by atoms with van der Waals surface area (Å²) in [5.74, 6) is -0.383. The number of nitrogens with one attached hydrogen (secondary N) is 1. The van der Waals surface area contributed by atoms with E-state index in [4.69, 9.17) is 0 Å². The summed E-state index contributed by atoms with van der Waals surface area (Å²) in [6.07, 6.45) is -0.299. The minimum atomic E-state index is -0.664. The third-order valence-corrected chi connectivity index (χ3v) is 3.56. The van der Waals surface area contributed by atoms with Gasteiger partial charge in [-0.2, -0.15) is 0 Å². The Hall–Kier alpha value is -2.73. The highest BCUT2D eigenvalue weighted by Gasteiger charge is 2.15. The van der Waals surface area contributed by atoms with Crippen molar-refractivity contribution in [3.8, 4) is 0 Å². The molecular formula is C17H18N2O4. The lowest BCUT2D eigenvalue weighted by molar-refractivity contribution is -0.384. The quantitative estimate of drug-likeness (QED) is 0.633. The number of carbonyl (C=O) groups is 1. The first-order chi connectivity index (χ1) is 11.0. The van der Waals surface area contributed by atoms with E-state index in [1.807, 2.05) is 30.3 Å². The zero-order valence-corrected chi connectivity index (χ0v) is 12.7. The number of benzene rings is 2. The molecule has 2 N–H and O–H groups in total. The van der Waals surface area contributed by atoms with E-state index >= 15 is 0 Å². The Bertz CT molecular complexity index is 701. The van der Waals surface area contributed by atoms with Gasteiger partial charge in [0.15, 0.2) is 0 Å². The maximum atomic E-state index is 12.1. The molecule has 1 unspecified atom stereocenters. The molecule has 0 aromatic heterocycles. The Morgan fingerprint density at radius 1 is 1.26 bits per heavy atom. The molecule has 1 atom stereocenters. The maximum absolute atomic E-state index is 12.1. The van der Waals surface area contributed by atoms with Gasteiger partial charge in [-0.3, -0.25) is 14.9 Å². The second-order valence-electron chi connectivity index (χ2n) is 5.23. The van der Waals surface area contributed by atoms with E-state index in [0.717, 1.165) is 5.56 Å². The van der Waals surface area contributed by atoms with Crippen molar-refractivity contribution in [2.45, 2.75) is 19.4 Å². The number of rotatable bonds is 6. The molecule has 0 fully saturated rings. The van der Waals surface area contributed by atoms with Gasteiger partial charge in [0.25, 0.3) is 11.6 Å². The van der Waals surface area contributed by atoms with Crippen LogP contribution < -0.4 is 5.32 Å². The highest BCUT2D eigenvalue weighted by atomic mass is 16.6. The van der Waals surface area contributed by atoms with Crippen LogP contribution in [0.5, 0.6) is 0 Å². The van der Waals surface area contributed by atoms with Crippen LogP contribution in [0.25, 0.3) is 0 Å². The third kappa shape index (κ3) is 4.37. The van der Waals surface area contributed by atoms with Crippen molar-refractivity contribution in [2.24, 2.45) is 0 Å². The summed E-state index contributed by atoms with van der Waals surface area (Å²) in [4.78, 5) is 22.4. The van der Waals surface area contributed by atoms with Crippen LogP contribution >= 0.6 is 0 Å². The number of aliphatic hydroxyl groups excluding tert-OH is 1. The van der Waals surface area contributed by atoms with Gasteiger partial charge in [-0.25, -0.2) is 0 Å². The highest BCUT2D eigenvalue weighted by molar-refractivity contribution is 5.96. The molecule has 0 saturated heterocycles. The molecule has 0 aliphatic rings. The molecule has 1 amide bonds. The normalized spacial score (nSPS) is 11.7. The molecule has 2 aromatic carbocycles. The smallest absolute Gasteiger partial charge is 0.270 e. The van der Waals surface area contributed by atoms with Crippen LogP contribution in [0.2, 0.25) is 0 Å². The van der Waals surface area contributed by atoms with Crippen molar-refractivity contribution in [1.82, 2.24) is 5.32 Å². The fourth-order valence-electron chi connectivity index (χ4n) is 2.23. The van der Waals surface area contributed by atoms with Crippen LogP contribution in [0.4, 0.5) is 5.69 Å². The number of nitro benzene ring substituents is 1. The molecule has 6 nitrogen and oxygen atoms in total. The lowest BCUT2D eigenvalue weighted by Crippen LogP contribution is -2.26. The SMILES string of the molecule is Cc1ccc([N+](=O)[O-])cc1C(=O)NCCC(O)c1ccccc1.